The fourth-order valence-corrected chi connectivity index (χ4v) is 3.51. The van der Waals surface area contributed by atoms with Gasteiger partial charge in [-0.1, -0.05) is 18.2 Å². The summed E-state index contributed by atoms with van der Waals surface area (Å²) in [5, 5.41) is 13.5. The molecule has 7 heteroatoms. The van der Waals surface area contributed by atoms with Crippen LogP contribution in [0.4, 0.5) is 11.5 Å². The van der Waals surface area contributed by atoms with Crippen LogP contribution in [0.3, 0.4) is 0 Å². The number of anilines is 2. The Balaban J connectivity index is 1.95. The van der Waals surface area contributed by atoms with Gasteiger partial charge in [-0.25, -0.2) is 9.97 Å². The molecule has 0 fully saturated rings. The summed E-state index contributed by atoms with van der Waals surface area (Å²) in [4.78, 5) is 9.05. The van der Waals surface area contributed by atoms with Crippen molar-refractivity contribution in [3.63, 3.8) is 0 Å². The highest BCUT2D eigenvalue weighted by Crippen LogP contribution is 2.37. The monoisotopic (exact) mass is 438 g/mol. The fourth-order valence-electron chi connectivity index (χ4n) is 3.21. The molecule has 2 heterocycles. The van der Waals surface area contributed by atoms with Gasteiger partial charge in [0, 0.05) is 17.4 Å². The molecule has 142 valence electrons. The average molecular weight is 439 g/mol. The number of aromatic hydroxyl groups is 1. The topological polar surface area (TPSA) is 71.7 Å². The highest BCUT2D eigenvalue weighted by atomic mass is 79.9. The van der Waals surface area contributed by atoms with E-state index in [1.54, 1.807) is 18.3 Å². The van der Waals surface area contributed by atoms with Gasteiger partial charge in [0.25, 0.3) is 0 Å². The molecule has 2 aromatic carbocycles. The van der Waals surface area contributed by atoms with E-state index in [1.807, 2.05) is 22.7 Å². The van der Waals surface area contributed by atoms with E-state index in [-0.39, 0.29) is 5.75 Å². The van der Waals surface area contributed by atoms with Crippen molar-refractivity contribution in [3.05, 3.63) is 64.5 Å². The summed E-state index contributed by atoms with van der Waals surface area (Å²) in [5.41, 5.74) is 5.57. The van der Waals surface area contributed by atoms with E-state index < -0.39 is 0 Å². The van der Waals surface area contributed by atoms with Gasteiger partial charge in [0.1, 0.15) is 16.1 Å². The predicted octanol–water partition coefficient (Wildman–Crippen LogP) is 5.23. The SMILES string of the molecule is COc1cc(-c2nc3cnc(Br)cn3c2Nc2c(C)cccc2C)ccc1O. The number of imidazole rings is 1. The van der Waals surface area contributed by atoms with Gasteiger partial charge in [-0.3, -0.25) is 4.40 Å². The molecule has 0 aliphatic carbocycles. The number of hydrogen-bond acceptors (Lipinski definition) is 5. The molecule has 28 heavy (non-hydrogen) atoms. The molecule has 4 rings (SSSR count). The Morgan fingerprint density at radius 1 is 1.14 bits per heavy atom. The number of halogens is 1. The first kappa shape index (κ1) is 18.3. The van der Waals surface area contributed by atoms with Crippen LogP contribution in [0, 0.1) is 13.8 Å². The van der Waals surface area contributed by atoms with Gasteiger partial charge in [-0.15, -0.1) is 0 Å². The number of aromatic nitrogens is 3. The number of methoxy groups -OCH3 is 1. The third-order valence-electron chi connectivity index (χ3n) is 4.66. The standard InChI is InChI=1S/C21H19BrN4O2/c1-12-5-4-6-13(2)19(12)25-21-20(14-7-8-15(27)16(9-14)28-3)24-18-10-23-17(22)11-26(18)21/h4-11,25,27H,1-3H3. The van der Waals surface area contributed by atoms with Crippen molar-refractivity contribution < 1.29 is 9.84 Å². The van der Waals surface area contributed by atoms with Crippen LogP contribution < -0.4 is 10.1 Å². The number of fused-ring (bicyclic) bond motifs is 1. The number of phenolic OH excluding ortho intramolecular Hbond substituents is 1. The lowest BCUT2D eigenvalue weighted by atomic mass is 10.1. The lowest BCUT2D eigenvalue weighted by molar-refractivity contribution is 0.373. The van der Waals surface area contributed by atoms with Gasteiger partial charge in [0.2, 0.25) is 0 Å². The molecule has 0 spiro atoms. The fraction of sp³-hybridized carbons (Fsp3) is 0.143. The van der Waals surface area contributed by atoms with Gasteiger partial charge in [-0.05, 0) is 59.1 Å². The lowest BCUT2D eigenvalue weighted by Crippen LogP contribution is -2.01. The van der Waals surface area contributed by atoms with Crippen LogP contribution in [0.1, 0.15) is 11.1 Å². The van der Waals surface area contributed by atoms with Gasteiger partial charge >= 0.3 is 0 Å². The first-order valence-electron chi connectivity index (χ1n) is 8.72. The Bertz CT molecular complexity index is 1170. The molecule has 0 atom stereocenters. The minimum absolute atomic E-state index is 0.0867. The maximum Gasteiger partial charge on any atom is 0.161 e. The Morgan fingerprint density at radius 2 is 1.89 bits per heavy atom. The molecule has 0 saturated heterocycles. The molecule has 0 saturated carbocycles. The summed E-state index contributed by atoms with van der Waals surface area (Å²) in [5.74, 6) is 1.29. The summed E-state index contributed by atoms with van der Waals surface area (Å²) in [7, 11) is 1.53. The predicted molar refractivity (Wildman–Crippen MR) is 114 cm³/mol. The first-order chi connectivity index (χ1) is 13.5. The van der Waals surface area contributed by atoms with Crippen molar-refractivity contribution in [2.24, 2.45) is 0 Å². The van der Waals surface area contributed by atoms with E-state index in [9.17, 15) is 5.11 Å². The Kier molecular flexibility index (Phi) is 4.68. The summed E-state index contributed by atoms with van der Waals surface area (Å²) in [6.45, 7) is 4.14. The zero-order valence-electron chi connectivity index (χ0n) is 15.7. The molecular weight excluding hydrogens is 420 g/mol. The molecule has 0 amide bonds. The number of nitrogens with zero attached hydrogens (tertiary/aromatic N) is 3. The van der Waals surface area contributed by atoms with Crippen LogP contribution in [-0.2, 0) is 0 Å². The lowest BCUT2D eigenvalue weighted by Gasteiger charge is -2.14. The van der Waals surface area contributed by atoms with E-state index in [2.05, 4.69) is 52.2 Å². The third-order valence-corrected chi connectivity index (χ3v) is 5.06. The number of ether oxygens (including phenoxy) is 1. The van der Waals surface area contributed by atoms with Crippen LogP contribution in [0.2, 0.25) is 0 Å². The molecular formula is C21H19BrN4O2. The minimum atomic E-state index is 0.0867. The molecule has 0 aliphatic rings. The van der Waals surface area contributed by atoms with Crippen LogP contribution in [0.5, 0.6) is 11.5 Å². The van der Waals surface area contributed by atoms with Crippen molar-refractivity contribution in [1.82, 2.24) is 14.4 Å². The number of rotatable bonds is 4. The number of benzene rings is 2. The summed E-state index contributed by atoms with van der Waals surface area (Å²) in [6, 6.07) is 11.4. The van der Waals surface area contributed by atoms with Crippen molar-refractivity contribution >= 4 is 33.1 Å². The first-order valence-corrected chi connectivity index (χ1v) is 9.51. The largest absolute Gasteiger partial charge is 0.504 e. The second kappa shape index (κ2) is 7.16. The summed E-state index contributed by atoms with van der Waals surface area (Å²) in [6.07, 6.45) is 3.58. The molecule has 2 aromatic heterocycles. The van der Waals surface area contributed by atoms with Crippen LogP contribution >= 0.6 is 15.9 Å². The maximum atomic E-state index is 9.95. The highest BCUT2D eigenvalue weighted by molar-refractivity contribution is 9.10. The average Bonchev–Trinajstić information content (AvgIpc) is 3.03. The third kappa shape index (κ3) is 3.18. The van der Waals surface area contributed by atoms with Gasteiger partial charge in [0.15, 0.2) is 17.1 Å². The molecule has 2 N–H and O–H groups in total. The second-order valence-corrected chi connectivity index (χ2v) is 7.34. The smallest absolute Gasteiger partial charge is 0.161 e. The molecule has 0 unspecified atom stereocenters. The maximum absolute atomic E-state index is 9.95. The van der Waals surface area contributed by atoms with Crippen molar-refractivity contribution in [1.29, 1.82) is 0 Å². The summed E-state index contributed by atoms with van der Waals surface area (Å²) < 4.78 is 7.93. The number of nitrogens with one attached hydrogen (secondary N) is 1. The molecule has 6 nitrogen and oxygen atoms in total. The Hall–Kier alpha value is -3.06. The summed E-state index contributed by atoms with van der Waals surface area (Å²) >= 11 is 3.44. The normalized spacial score (nSPS) is 11.0. The van der Waals surface area contributed by atoms with Crippen molar-refractivity contribution in [2.45, 2.75) is 13.8 Å². The molecule has 0 bridgehead atoms. The number of para-hydroxylation sites is 1. The van der Waals surface area contributed by atoms with Crippen LogP contribution in [0.15, 0.2) is 53.4 Å². The molecule has 0 radical (unpaired) electrons. The van der Waals surface area contributed by atoms with Crippen LogP contribution in [0.25, 0.3) is 16.9 Å². The number of phenols is 1. The van der Waals surface area contributed by atoms with E-state index in [0.29, 0.717) is 16.0 Å². The van der Waals surface area contributed by atoms with E-state index >= 15 is 0 Å². The highest BCUT2D eigenvalue weighted by Gasteiger charge is 2.18. The molecule has 0 aliphatic heterocycles. The Morgan fingerprint density at radius 3 is 2.61 bits per heavy atom. The van der Waals surface area contributed by atoms with Crippen molar-refractivity contribution in [2.75, 3.05) is 12.4 Å². The number of aryl methyl sites for hydroxylation is 2. The second-order valence-electron chi connectivity index (χ2n) is 6.53. The van der Waals surface area contributed by atoms with E-state index in [0.717, 1.165) is 33.9 Å². The quantitative estimate of drug-likeness (QED) is 0.456. The van der Waals surface area contributed by atoms with E-state index in [4.69, 9.17) is 9.72 Å². The van der Waals surface area contributed by atoms with E-state index in [1.165, 1.54) is 7.11 Å². The van der Waals surface area contributed by atoms with Gasteiger partial charge < -0.3 is 15.2 Å². The van der Waals surface area contributed by atoms with Gasteiger partial charge in [-0.2, -0.15) is 0 Å². The zero-order chi connectivity index (χ0) is 19.8. The van der Waals surface area contributed by atoms with Gasteiger partial charge in [0.05, 0.1) is 13.3 Å². The zero-order valence-corrected chi connectivity index (χ0v) is 17.3. The van der Waals surface area contributed by atoms with Crippen molar-refractivity contribution in [3.8, 4) is 22.8 Å². The Labute approximate surface area is 171 Å². The minimum Gasteiger partial charge on any atom is -0.504 e. The number of hydrogen-bond donors (Lipinski definition) is 2. The van der Waals surface area contributed by atoms with Crippen LogP contribution in [-0.4, -0.2) is 26.6 Å². The molecule has 4 aromatic rings.